The largest absolute Gasteiger partial charge is 0.463 e. The van der Waals surface area contributed by atoms with E-state index in [0.29, 0.717) is 36.8 Å². The lowest BCUT2D eigenvalue weighted by Crippen LogP contribution is -2.26. The van der Waals surface area contributed by atoms with Gasteiger partial charge in [-0.2, -0.15) is 0 Å². The van der Waals surface area contributed by atoms with Crippen LogP contribution in [0.5, 0.6) is 0 Å². The molecular formula is C10H19NO3S. The van der Waals surface area contributed by atoms with E-state index in [1.807, 2.05) is 6.92 Å². The van der Waals surface area contributed by atoms with Crippen molar-refractivity contribution in [3.63, 3.8) is 0 Å². The quantitative estimate of drug-likeness (QED) is 0.376. The SMILES string of the molecule is C=C(CNCCS(=O)CC)C(=O)OCC. The van der Waals surface area contributed by atoms with Gasteiger partial charge in [-0.25, -0.2) is 4.79 Å². The first-order chi connectivity index (χ1) is 7.11. The fourth-order valence-electron chi connectivity index (χ4n) is 0.875. The third-order valence-corrected chi connectivity index (χ3v) is 3.03. The molecule has 0 aliphatic carbocycles. The summed E-state index contributed by atoms with van der Waals surface area (Å²) in [7, 11) is -0.764. The average Bonchev–Trinajstić information content (AvgIpc) is 2.23. The second-order valence-corrected chi connectivity index (χ2v) is 4.80. The number of esters is 1. The van der Waals surface area contributed by atoms with Gasteiger partial charge in [0.1, 0.15) is 0 Å². The summed E-state index contributed by atoms with van der Waals surface area (Å²) in [4.78, 5) is 11.1. The highest BCUT2D eigenvalue weighted by molar-refractivity contribution is 7.84. The smallest absolute Gasteiger partial charge is 0.334 e. The van der Waals surface area contributed by atoms with Crippen molar-refractivity contribution < 1.29 is 13.7 Å². The summed E-state index contributed by atoms with van der Waals surface area (Å²) in [6.07, 6.45) is 0. The van der Waals surface area contributed by atoms with Gasteiger partial charge in [0, 0.05) is 41.0 Å². The number of rotatable bonds is 8. The molecule has 0 radical (unpaired) electrons. The average molecular weight is 233 g/mol. The maximum atomic E-state index is 11.1. The molecular weight excluding hydrogens is 214 g/mol. The minimum atomic E-state index is -0.764. The van der Waals surface area contributed by atoms with Crippen LogP contribution in [0.25, 0.3) is 0 Å². The molecule has 4 nitrogen and oxygen atoms in total. The molecule has 0 aliphatic heterocycles. The fraction of sp³-hybridized carbons (Fsp3) is 0.700. The molecule has 0 aliphatic rings. The molecule has 1 atom stereocenters. The van der Waals surface area contributed by atoms with Crippen LogP contribution < -0.4 is 5.32 Å². The van der Waals surface area contributed by atoms with Crippen molar-refractivity contribution in [1.29, 1.82) is 0 Å². The molecule has 0 saturated carbocycles. The van der Waals surface area contributed by atoms with Crippen molar-refractivity contribution in [2.45, 2.75) is 13.8 Å². The Morgan fingerprint density at radius 2 is 2.13 bits per heavy atom. The van der Waals surface area contributed by atoms with Crippen LogP contribution in [0.4, 0.5) is 0 Å². The van der Waals surface area contributed by atoms with Crippen LogP contribution in [0, 0.1) is 0 Å². The van der Waals surface area contributed by atoms with Gasteiger partial charge in [-0.1, -0.05) is 13.5 Å². The van der Waals surface area contributed by atoms with E-state index >= 15 is 0 Å². The van der Waals surface area contributed by atoms with Gasteiger partial charge in [0.2, 0.25) is 0 Å². The lowest BCUT2D eigenvalue weighted by Gasteiger charge is -2.06. The number of carbonyl (C=O) groups excluding carboxylic acids is 1. The van der Waals surface area contributed by atoms with E-state index in [4.69, 9.17) is 4.74 Å². The Bertz CT molecular complexity index is 241. The van der Waals surface area contributed by atoms with Gasteiger partial charge in [0.15, 0.2) is 0 Å². The van der Waals surface area contributed by atoms with E-state index in [0.717, 1.165) is 0 Å². The van der Waals surface area contributed by atoms with Gasteiger partial charge in [-0.05, 0) is 6.92 Å². The highest BCUT2D eigenvalue weighted by atomic mass is 32.2. The molecule has 15 heavy (non-hydrogen) atoms. The molecule has 88 valence electrons. The number of carbonyl (C=O) groups is 1. The molecule has 0 aromatic rings. The maximum Gasteiger partial charge on any atom is 0.334 e. The number of hydrogen-bond acceptors (Lipinski definition) is 4. The minimum absolute atomic E-state index is 0.359. The lowest BCUT2D eigenvalue weighted by atomic mass is 10.3. The number of hydrogen-bond donors (Lipinski definition) is 1. The maximum absolute atomic E-state index is 11.1. The highest BCUT2D eigenvalue weighted by Crippen LogP contribution is 1.92. The van der Waals surface area contributed by atoms with Crippen molar-refractivity contribution in [2.24, 2.45) is 0 Å². The van der Waals surface area contributed by atoms with Gasteiger partial charge in [0.05, 0.1) is 6.61 Å². The van der Waals surface area contributed by atoms with Crippen molar-refractivity contribution in [3.05, 3.63) is 12.2 Å². The van der Waals surface area contributed by atoms with Crippen molar-refractivity contribution in [1.82, 2.24) is 5.32 Å². The molecule has 0 heterocycles. The van der Waals surface area contributed by atoms with E-state index in [2.05, 4.69) is 11.9 Å². The lowest BCUT2D eigenvalue weighted by molar-refractivity contribution is -0.138. The first kappa shape index (κ1) is 14.3. The summed E-state index contributed by atoms with van der Waals surface area (Å²) in [5, 5.41) is 3.00. The predicted octanol–water partition coefficient (Wildman–Crippen LogP) is 0.464. The zero-order chi connectivity index (χ0) is 11.7. The van der Waals surface area contributed by atoms with E-state index in [1.54, 1.807) is 6.92 Å². The summed E-state index contributed by atoms with van der Waals surface area (Å²) in [5.74, 6) is 0.897. The van der Waals surface area contributed by atoms with Gasteiger partial charge in [-0.3, -0.25) is 4.21 Å². The molecule has 0 aromatic carbocycles. The Kier molecular flexibility index (Phi) is 8.22. The van der Waals surface area contributed by atoms with E-state index in [9.17, 15) is 9.00 Å². The van der Waals surface area contributed by atoms with Gasteiger partial charge < -0.3 is 10.1 Å². The highest BCUT2D eigenvalue weighted by Gasteiger charge is 2.06. The minimum Gasteiger partial charge on any atom is -0.463 e. The molecule has 0 rings (SSSR count). The van der Waals surface area contributed by atoms with Gasteiger partial charge >= 0.3 is 5.97 Å². The van der Waals surface area contributed by atoms with E-state index in [1.165, 1.54) is 0 Å². The first-order valence-corrected chi connectivity index (χ1v) is 6.51. The van der Waals surface area contributed by atoms with Crippen molar-refractivity contribution in [3.8, 4) is 0 Å². The Balaban J connectivity index is 3.55. The summed E-state index contributed by atoms with van der Waals surface area (Å²) in [6, 6.07) is 0. The number of nitrogens with one attached hydrogen (secondary N) is 1. The Labute approximate surface area is 93.5 Å². The molecule has 0 saturated heterocycles. The topological polar surface area (TPSA) is 55.4 Å². The van der Waals surface area contributed by atoms with Crippen LogP contribution in [-0.2, 0) is 20.3 Å². The Hall–Kier alpha value is -0.680. The summed E-state index contributed by atoms with van der Waals surface area (Å²) >= 11 is 0. The van der Waals surface area contributed by atoms with E-state index < -0.39 is 10.8 Å². The van der Waals surface area contributed by atoms with Gasteiger partial charge in [0.25, 0.3) is 0 Å². The molecule has 0 fully saturated rings. The third-order valence-electron chi connectivity index (χ3n) is 1.73. The molecule has 0 spiro atoms. The predicted molar refractivity (Wildman–Crippen MR) is 62.2 cm³/mol. The van der Waals surface area contributed by atoms with Crippen LogP contribution in [0.2, 0.25) is 0 Å². The zero-order valence-electron chi connectivity index (χ0n) is 9.38. The monoisotopic (exact) mass is 233 g/mol. The van der Waals surface area contributed by atoms with Crippen LogP contribution in [0.1, 0.15) is 13.8 Å². The Morgan fingerprint density at radius 3 is 2.67 bits per heavy atom. The molecule has 0 aromatic heterocycles. The summed E-state index contributed by atoms with van der Waals surface area (Å²) < 4.78 is 15.8. The first-order valence-electron chi connectivity index (χ1n) is 5.02. The standard InChI is InChI=1S/C10H19NO3S/c1-4-14-10(12)9(3)8-11-6-7-15(13)5-2/h11H,3-8H2,1-2H3. The number of ether oxygens (including phenoxy) is 1. The van der Waals surface area contributed by atoms with Gasteiger partial charge in [-0.15, -0.1) is 0 Å². The van der Waals surface area contributed by atoms with Crippen LogP contribution in [0.3, 0.4) is 0 Å². The molecule has 0 amide bonds. The Morgan fingerprint density at radius 1 is 1.47 bits per heavy atom. The van der Waals surface area contributed by atoms with Crippen molar-refractivity contribution in [2.75, 3.05) is 31.2 Å². The van der Waals surface area contributed by atoms with Crippen LogP contribution in [-0.4, -0.2) is 41.4 Å². The fourth-order valence-corrected chi connectivity index (χ4v) is 1.54. The van der Waals surface area contributed by atoms with E-state index in [-0.39, 0.29) is 5.97 Å². The third kappa shape index (κ3) is 7.27. The normalized spacial score (nSPS) is 12.1. The second-order valence-electron chi connectivity index (χ2n) is 2.93. The van der Waals surface area contributed by atoms with Crippen LogP contribution in [0.15, 0.2) is 12.2 Å². The van der Waals surface area contributed by atoms with Crippen LogP contribution >= 0.6 is 0 Å². The summed E-state index contributed by atoms with van der Waals surface area (Å²) in [5.41, 5.74) is 0.402. The zero-order valence-corrected chi connectivity index (χ0v) is 10.2. The molecule has 1 unspecified atom stereocenters. The second kappa shape index (κ2) is 8.61. The van der Waals surface area contributed by atoms with Crippen molar-refractivity contribution >= 4 is 16.8 Å². The molecule has 1 N–H and O–H groups in total. The summed E-state index contributed by atoms with van der Waals surface area (Å²) in [6.45, 7) is 8.60. The molecule has 5 heteroatoms. The molecule has 0 bridgehead atoms.